The zero-order valence-corrected chi connectivity index (χ0v) is 19.4. The molecule has 2 N–H and O–H groups in total. The standard InChI is InChI=1S/C26H26ClN5O/c1-31(2)22-13-14-32(16-22)21-10-8-20(9-11-21)28-26(33)18-5-12-23-24(15-18)30-25(29-23)17-3-6-19(27)7-4-17/h3-12,15,22H,13-14,16H2,1-2H3,(H,28,33)(H,29,30). The van der Waals surface area contributed by atoms with Crippen LogP contribution >= 0.6 is 11.6 Å². The fourth-order valence-corrected chi connectivity index (χ4v) is 4.37. The molecule has 0 saturated carbocycles. The maximum Gasteiger partial charge on any atom is 0.255 e. The molecule has 7 heteroatoms. The number of rotatable bonds is 5. The van der Waals surface area contributed by atoms with Crippen LogP contribution in [0.2, 0.25) is 5.02 Å². The van der Waals surface area contributed by atoms with Gasteiger partial charge in [-0.15, -0.1) is 0 Å². The molecule has 1 fully saturated rings. The molecule has 0 bridgehead atoms. The molecule has 5 rings (SSSR count). The Morgan fingerprint density at radius 2 is 1.85 bits per heavy atom. The van der Waals surface area contributed by atoms with Crippen LogP contribution in [0.4, 0.5) is 11.4 Å². The second-order valence-corrected chi connectivity index (χ2v) is 9.11. The molecule has 1 aliphatic heterocycles. The van der Waals surface area contributed by atoms with E-state index in [0.717, 1.165) is 41.2 Å². The molecule has 3 aromatic carbocycles. The Morgan fingerprint density at radius 1 is 1.09 bits per heavy atom. The summed E-state index contributed by atoms with van der Waals surface area (Å²) < 4.78 is 0. The first kappa shape index (κ1) is 21.5. The van der Waals surface area contributed by atoms with Crippen molar-refractivity contribution in [2.45, 2.75) is 12.5 Å². The lowest BCUT2D eigenvalue weighted by molar-refractivity contribution is 0.102. The fourth-order valence-electron chi connectivity index (χ4n) is 4.25. The van der Waals surface area contributed by atoms with Crippen molar-refractivity contribution in [3.8, 4) is 11.4 Å². The SMILES string of the molecule is CN(C)C1CCN(c2ccc(NC(=O)c3ccc4[nH]c(-c5ccc(Cl)cc5)nc4c3)cc2)C1. The van der Waals surface area contributed by atoms with Crippen molar-refractivity contribution >= 4 is 39.9 Å². The number of halogens is 1. The number of aromatic nitrogens is 2. The lowest BCUT2D eigenvalue weighted by Crippen LogP contribution is -2.31. The number of fused-ring (bicyclic) bond motifs is 1. The van der Waals surface area contributed by atoms with E-state index in [-0.39, 0.29) is 5.91 Å². The first-order chi connectivity index (χ1) is 16.0. The second-order valence-electron chi connectivity index (χ2n) is 8.68. The molecular weight excluding hydrogens is 434 g/mol. The number of amides is 1. The average Bonchev–Trinajstić information content (AvgIpc) is 3.47. The van der Waals surface area contributed by atoms with Crippen LogP contribution in [-0.2, 0) is 0 Å². The molecule has 0 aliphatic carbocycles. The van der Waals surface area contributed by atoms with Gasteiger partial charge < -0.3 is 20.1 Å². The van der Waals surface area contributed by atoms with Crippen LogP contribution in [0.5, 0.6) is 0 Å². The Labute approximate surface area is 198 Å². The molecule has 1 aromatic heterocycles. The van der Waals surface area contributed by atoms with Gasteiger partial charge in [-0.05, 0) is 87.2 Å². The summed E-state index contributed by atoms with van der Waals surface area (Å²) in [4.78, 5) is 25.5. The third kappa shape index (κ3) is 4.58. The van der Waals surface area contributed by atoms with Gasteiger partial charge in [-0.3, -0.25) is 4.79 Å². The van der Waals surface area contributed by atoms with Crippen LogP contribution in [-0.4, -0.2) is 54.0 Å². The van der Waals surface area contributed by atoms with E-state index < -0.39 is 0 Å². The summed E-state index contributed by atoms with van der Waals surface area (Å²) in [5, 5.41) is 3.67. The first-order valence-electron chi connectivity index (χ1n) is 11.0. The normalized spacial score (nSPS) is 16.0. The summed E-state index contributed by atoms with van der Waals surface area (Å²) in [5.41, 5.74) is 5.08. The highest BCUT2D eigenvalue weighted by Crippen LogP contribution is 2.25. The van der Waals surface area contributed by atoms with Gasteiger partial charge in [-0.2, -0.15) is 0 Å². The highest BCUT2D eigenvalue weighted by atomic mass is 35.5. The number of aromatic amines is 1. The van der Waals surface area contributed by atoms with Gasteiger partial charge in [-0.1, -0.05) is 11.6 Å². The highest BCUT2D eigenvalue weighted by molar-refractivity contribution is 6.30. The van der Waals surface area contributed by atoms with Crippen LogP contribution < -0.4 is 10.2 Å². The third-order valence-corrected chi connectivity index (χ3v) is 6.50. The predicted molar refractivity (Wildman–Crippen MR) is 135 cm³/mol. The van der Waals surface area contributed by atoms with Gasteiger partial charge in [0.15, 0.2) is 0 Å². The van der Waals surface area contributed by atoms with Gasteiger partial charge in [0.05, 0.1) is 11.0 Å². The summed E-state index contributed by atoms with van der Waals surface area (Å²) in [5.74, 6) is 0.586. The number of carbonyl (C=O) groups excluding carboxylic acids is 1. The van der Waals surface area contributed by atoms with Crippen molar-refractivity contribution in [2.75, 3.05) is 37.4 Å². The summed E-state index contributed by atoms with van der Waals surface area (Å²) in [6.07, 6.45) is 1.17. The molecule has 0 radical (unpaired) electrons. The largest absolute Gasteiger partial charge is 0.370 e. The van der Waals surface area contributed by atoms with E-state index in [0.29, 0.717) is 16.6 Å². The number of nitrogens with zero attached hydrogens (tertiary/aromatic N) is 3. The minimum absolute atomic E-state index is 0.158. The molecule has 6 nitrogen and oxygen atoms in total. The number of carbonyl (C=O) groups is 1. The van der Waals surface area contributed by atoms with Crippen molar-refractivity contribution in [2.24, 2.45) is 0 Å². The summed E-state index contributed by atoms with van der Waals surface area (Å²) in [6.45, 7) is 2.08. The predicted octanol–water partition coefficient (Wildman–Crippen LogP) is 5.28. The van der Waals surface area contributed by atoms with Crippen LogP contribution in [0.25, 0.3) is 22.4 Å². The maximum atomic E-state index is 12.9. The quantitative estimate of drug-likeness (QED) is 0.426. The minimum atomic E-state index is -0.158. The van der Waals surface area contributed by atoms with Gasteiger partial charge in [0.25, 0.3) is 5.91 Å². The summed E-state index contributed by atoms with van der Waals surface area (Å²) in [7, 11) is 4.26. The first-order valence-corrected chi connectivity index (χ1v) is 11.4. The van der Waals surface area contributed by atoms with Gasteiger partial charge in [0.1, 0.15) is 5.82 Å². The van der Waals surface area contributed by atoms with Crippen molar-refractivity contribution in [1.29, 1.82) is 0 Å². The highest BCUT2D eigenvalue weighted by Gasteiger charge is 2.24. The molecule has 33 heavy (non-hydrogen) atoms. The Kier molecular flexibility index (Phi) is 5.79. The molecule has 0 spiro atoms. The van der Waals surface area contributed by atoms with E-state index in [1.807, 2.05) is 48.5 Å². The van der Waals surface area contributed by atoms with Gasteiger partial charge in [0.2, 0.25) is 0 Å². The topological polar surface area (TPSA) is 64.3 Å². The minimum Gasteiger partial charge on any atom is -0.370 e. The average molecular weight is 460 g/mol. The Morgan fingerprint density at radius 3 is 2.55 bits per heavy atom. The van der Waals surface area contributed by atoms with Gasteiger partial charge in [-0.25, -0.2) is 4.98 Å². The Balaban J connectivity index is 1.28. The van der Waals surface area contributed by atoms with Gasteiger partial charge in [0, 0.05) is 46.7 Å². The van der Waals surface area contributed by atoms with Crippen LogP contribution in [0, 0.1) is 0 Å². The van der Waals surface area contributed by atoms with Crippen molar-refractivity contribution < 1.29 is 4.79 Å². The number of benzene rings is 3. The zero-order chi connectivity index (χ0) is 22.9. The maximum absolute atomic E-state index is 12.9. The second kappa shape index (κ2) is 8.89. The number of H-pyrrole nitrogens is 1. The number of likely N-dealkylation sites (N-methyl/N-ethyl adjacent to an activating group) is 1. The molecular formula is C26H26ClN5O. The van der Waals surface area contributed by atoms with E-state index in [9.17, 15) is 4.79 Å². The van der Waals surface area contributed by atoms with E-state index in [1.54, 1.807) is 6.07 Å². The van der Waals surface area contributed by atoms with E-state index in [2.05, 4.69) is 51.3 Å². The smallest absolute Gasteiger partial charge is 0.255 e. The monoisotopic (exact) mass is 459 g/mol. The zero-order valence-electron chi connectivity index (χ0n) is 18.7. The molecule has 1 atom stereocenters. The van der Waals surface area contributed by atoms with Crippen molar-refractivity contribution in [3.05, 3.63) is 77.3 Å². The number of nitrogens with one attached hydrogen (secondary N) is 2. The lowest BCUT2D eigenvalue weighted by atomic mass is 10.2. The Bertz CT molecular complexity index is 1280. The van der Waals surface area contributed by atoms with Crippen LogP contribution in [0.15, 0.2) is 66.7 Å². The summed E-state index contributed by atoms with van der Waals surface area (Å²) in [6, 6.07) is 21.6. The van der Waals surface area contributed by atoms with E-state index in [1.165, 1.54) is 12.1 Å². The molecule has 2 heterocycles. The molecule has 1 amide bonds. The van der Waals surface area contributed by atoms with Crippen molar-refractivity contribution in [3.63, 3.8) is 0 Å². The lowest BCUT2D eigenvalue weighted by Gasteiger charge is -2.22. The number of hydrogen-bond acceptors (Lipinski definition) is 4. The Hall–Kier alpha value is -3.35. The van der Waals surface area contributed by atoms with E-state index in [4.69, 9.17) is 11.6 Å². The fraction of sp³-hybridized carbons (Fsp3) is 0.231. The molecule has 4 aromatic rings. The number of anilines is 2. The van der Waals surface area contributed by atoms with Crippen LogP contribution in [0.3, 0.4) is 0 Å². The molecule has 168 valence electrons. The molecule has 1 saturated heterocycles. The summed E-state index contributed by atoms with van der Waals surface area (Å²) >= 11 is 5.98. The van der Waals surface area contributed by atoms with E-state index >= 15 is 0 Å². The molecule has 1 aliphatic rings. The molecule has 1 unspecified atom stereocenters. The van der Waals surface area contributed by atoms with Crippen molar-refractivity contribution in [1.82, 2.24) is 14.9 Å². The van der Waals surface area contributed by atoms with Crippen LogP contribution in [0.1, 0.15) is 16.8 Å². The third-order valence-electron chi connectivity index (χ3n) is 6.25. The number of hydrogen-bond donors (Lipinski definition) is 2. The van der Waals surface area contributed by atoms with Gasteiger partial charge >= 0.3 is 0 Å². The number of imidazole rings is 1.